The van der Waals surface area contributed by atoms with Gasteiger partial charge in [-0.3, -0.25) is 0 Å². The number of ether oxygens (including phenoxy) is 1. The Morgan fingerprint density at radius 1 is 0.833 bits per heavy atom. The number of rotatable bonds is 5. The fourth-order valence-corrected chi connectivity index (χ4v) is 2.78. The molecule has 2 aromatic rings. The normalized spacial score (nSPS) is 18.6. The second kappa shape index (κ2) is 6.62. The van der Waals surface area contributed by atoms with Crippen LogP contribution in [-0.4, -0.2) is 18.3 Å². The number of hydrogen-bond donors (Lipinski definition) is 0. The van der Waals surface area contributed by atoms with Crippen molar-refractivity contribution in [1.29, 1.82) is 0 Å². The molecule has 0 radical (unpaired) electrons. The Morgan fingerprint density at radius 3 is 2.08 bits per heavy atom. The minimum absolute atomic E-state index is 0.253. The van der Waals surface area contributed by atoms with E-state index in [1.165, 1.54) is 0 Å². The van der Waals surface area contributed by atoms with Gasteiger partial charge in [0.2, 0.25) is 0 Å². The third kappa shape index (κ3) is 3.65. The van der Waals surface area contributed by atoms with E-state index in [9.17, 15) is 0 Å². The summed E-state index contributed by atoms with van der Waals surface area (Å²) in [4.78, 5) is 0. The predicted molar refractivity (Wildman–Crippen MR) is 97.0 cm³/mol. The Morgan fingerprint density at radius 2 is 1.42 bits per heavy atom. The highest BCUT2D eigenvalue weighted by atomic mass is 16.7. The van der Waals surface area contributed by atoms with Gasteiger partial charge in [-0.1, -0.05) is 48.5 Å². The molecule has 126 valence electrons. The molecule has 0 saturated carbocycles. The minimum atomic E-state index is -0.308. The lowest BCUT2D eigenvalue weighted by Crippen LogP contribution is -2.41. The molecule has 4 heteroatoms. The van der Waals surface area contributed by atoms with Crippen LogP contribution < -0.4 is 4.74 Å². The van der Waals surface area contributed by atoms with Crippen molar-refractivity contribution >= 4 is 7.12 Å². The van der Waals surface area contributed by atoms with Gasteiger partial charge >= 0.3 is 7.12 Å². The van der Waals surface area contributed by atoms with E-state index in [4.69, 9.17) is 14.0 Å². The summed E-state index contributed by atoms with van der Waals surface area (Å²) in [6.45, 7) is 8.85. The second-order valence-electron chi connectivity index (χ2n) is 7.27. The average Bonchev–Trinajstić information content (AvgIpc) is 2.74. The monoisotopic (exact) mass is 324 g/mol. The predicted octanol–water partition coefficient (Wildman–Crippen LogP) is 4.44. The van der Waals surface area contributed by atoms with Crippen LogP contribution in [0, 0.1) is 0 Å². The lowest BCUT2D eigenvalue weighted by atomic mass is 9.80. The molecule has 1 heterocycles. The van der Waals surface area contributed by atoms with Crippen LogP contribution in [0.4, 0.5) is 0 Å². The molecule has 2 aromatic carbocycles. The van der Waals surface area contributed by atoms with Crippen LogP contribution in [0.3, 0.4) is 0 Å². The van der Waals surface area contributed by atoms with Gasteiger partial charge < -0.3 is 14.0 Å². The quantitative estimate of drug-likeness (QED) is 0.761. The Labute approximate surface area is 145 Å². The maximum Gasteiger partial charge on any atom is 0.462 e. The van der Waals surface area contributed by atoms with Crippen molar-refractivity contribution < 1.29 is 14.0 Å². The van der Waals surface area contributed by atoms with Crippen molar-refractivity contribution in [3.63, 3.8) is 0 Å². The topological polar surface area (TPSA) is 27.7 Å². The third-order valence-corrected chi connectivity index (χ3v) is 4.90. The van der Waals surface area contributed by atoms with Gasteiger partial charge in [0.15, 0.2) is 0 Å². The molecule has 0 amide bonds. The summed E-state index contributed by atoms with van der Waals surface area (Å²) in [5.41, 5.74) is 1.64. The van der Waals surface area contributed by atoms with Gasteiger partial charge in [0, 0.05) is 6.32 Å². The highest BCUT2D eigenvalue weighted by Gasteiger charge is 2.50. The second-order valence-corrected chi connectivity index (χ2v) is 7.27. The molecule has 1 aliphatic rings. The molecule has 3 rings (SSSR count). The summed E-state index contributed by atoms with van der Waals surface area (Å²) in [5, 5.41) is 0. The summed E-state index contributed by atoms with van der Waals surface area (Å²) in [6, 6.07) is 18.3. The largest absolute Gasteiger partial charge is 0.489 e. The van der Waals surface area contributed by atoms with E-state index in [0.29, 0.717) is 12.9 Å². The van der Waals surface area contributed by atoms with E-state index in [1.807, 2.05) is 36.4 Å². The molecular weight excluding hydrogens is 299 g/mol. The van der Waals surface area contributed by atoms with Crippen LogP contribution in [0.15, 0.2) is 54.6 Å². The highest BCUT2D eigenvalue weighted by molar-refractivity contribution is 6.45. The van der Waals surface area contributed by atoms with Gasteiger partial charge in [-0.05, 0) is 44.9 Å². The molecule has 3 nitrogen and oxygen atoms in total. The Kier molecular flexibility index (Phi) is 4.70. The van der Waals surface area contributed by atoms with Crippen molar-refractivity contribution in [3.05, 3.63) is 65.7 Å². The first-order chi connectivity index (χ1) is 11.4. The van der Waals surface area contributed by atoms with Crippen molar-refractivity contribution in [2.45, 2.75) is 51.8 Å². The molecule has 0 atom stereocenters. The summed E-state index contributed by atoms with van der Waals surface area (Å²) < 4.78 is 18.2. The van der Waals surface area contributed by atoms with Crippen LogP contribution in [0.2, 0.25) is 0 Å². The van der Waals surface area contributed by atoms with Crippen LogP contribution in [0.25, 0.3) is 0 Å². The van der Waals surface area contributed by atoms with Crippen molar-refractivity contribution in [3.8, 4) is 5.75 Å². The molecule has 1 aliphatic heterocycles. The fraction of sp³-hybridized carbons (Fsp3) is 0.400. The van der Waals surface area contributed by atoms with E-state index >= 15 is 0 Å². The van der Waals surface area contributed by atoms with Gasteiger partial charge in [-0.25, -0.2) is 0 Å². The van der Waals surface area contributed by atoms with Crippen LogP contribution >= 0.6 is 0 Å². The molecule has 1 saturated heterocycles. The maximum absolute atomic E-state index is 6.11. The van der Waals surface area contributed by atoms with Gasteiger partial charge in [-0.15, -0.1) is 0 Å². The maximum atomic E-state index is 6.11. The summed E-state index contributed by atoms with van der Waals surface area (Å²) in [7, 11) is -0.253. The zero-order valence-electron chi connectivity index (χ0n) is 14.9. The Hall–Kier alpha value is -1.78. The summed E-state index contributed by atoms with van der Waals surface area (Å²) >= 11 is 0. The smallest absolute Gasteiger partial charge is 0.462 e. The highest BCUT2D eigenvalue weighted by Crippen LogP contribution is 2.38. The van der Waals surface area contributed by atoms with Crippen molar-refractivity contribution in [1.82, 2.24) is 0 Å². The molecule has 0 N–H and O–H groups in total. The molecule has 0 aliphatic carbocycles. The standard InChI is InChI=1S/C20H25BO3/c1-19(2)20(3,4)24-21(23-19)14-17-12-8-9-13-18(17)22-15-16-10-6-5-7-11-16/h5-13H,14-15H2,1-4H3. The van der Waals surface area contributed by atoms with E-state index in [-0.39, 0.29) is 18.3 Å². The molecule has 0 aromatic heterocycles. The van der Waals surface area contributed by atoms with Crippen LogP contribution in [-0.2, 0) is 22.2 Å². The van der Waals surface area contributed by atoms with Gasteiger partial charge in [0.1, 0.15) is 12.4 Å². The van der Waals surface area contributed by atoms with E-state index in [2.05, 4.69) is 45.9 Å². The van der Waals surface area contributed by atoms with Crippen molar-refractivity contribution in [2.75, 3.05) is 0 Å². The first-order valence-electron chi connectivity index (χ1n) is 8.48. The molecule has 0 unspecified atom stereocenters. The number of hydrogen-bond acceptors (Lipinski definition) is 3. The van der Waals surface area contributed by atoms with E-state index < -0.39 is 0 Å². The van der Waals surface area contributed by atoms with Crippen molar-refractivity contribution in [2.24, 2.45) is 0 Å². The zero-order chi connectivity index (χ0) is 17.2. The molecule has 1 fully saturated rings. The SMILES string of the molecule is CC1(C)OB(Cc2ccccc2OCc2ccccc2)OC1(C)C. The third-order valence-electron chi connectivity index (χ3n) is 4.90. The fourth-order valence-electron chi connectivity index (χ4n) is 2.78. The summed E-state index contributed by atoms with van der Waals surface area (Å²) in [6.07, 6.45) is 0.678. The zero-order valence-corrected chi connectivity index (χ0v) is 14.9. The van der Waals surface area contributed by atoms with E-state index in [0.717, 1.165) is 16.9 Å². The van der Waals surface area contributed by atoms with Gasteiger partial charge in [-0.2, -0.15) is 0 Å². The first-order valence-corrected chi connectivity index (χ1v) is 8.48. The molecular formula is C20H25BO3. The lowest BCUT2D eigenvalue weighted by Gasteiger charge is -2.32. The molecule has 24 heavy (non-hydrogen) atoms. The lowest BCUT2D eigenvalue weighted by molar-refractivity contribution is 0.00578. The first kappa shape index (κ1) is 17.1. The van der Waals surface area contributed by atoms with Crippen LogP contribution in [0.5, 0.6) is 5.75 Å². The summed E-state index contributed by atoms with van der Waals surface area (Å²) in [5.74, 6) is 0.885. The number of benzene rings is 2. The Bertz CT molecular complexity index is 666. The number of para-hydroxylation sites is 1. The minimum Gasteiger partial charge on any atom is -0.489 e. The van der Waals surface area contributed by atoms with Crippen LogP contribution in [0.1, 0.15) is 38.8 Å². The van der Waals surface area contributed by atoms with Gasteiger partial charge in [0.25, 0.3) is 0 Å². The molecule has 0 spiro atoms. The average molecular weight is 324 g/mol. The van der Waals surface area contributed by atoms with E-state index in [1.54, 1.807) is 0 Å². The molecule has 0 bridgehead atoms. The van der Waals surface area contributed by atoms with Gasteiger partial charge in [0.05, 0.1) is 11.2 Å². The Balaban J connectivity index is 1.69.